The van der Waals surface area contributed by atoms with Crippen molar-refractivity contribution in [3.63, 3.8) is 0 Å². The molecule has 2 N–H and O–H groups in total. The molecule has 0 unspecified atom stereocenters. The lowest BCUT2D eigenvalue weighted by atomic mass is 9.45. The molecule has 2 aliphatic rings. The van der Waals surface area contributed by atoms with E-state index in [-0.39, 0.29) is 11.3 Å². The molecule has 132 valence electrons. The highest BCUT2D eigenvalue weighted by molar-refractivity contribution is 5.80. The van der Waals surface area contributed by atoms with Crippen molar-refractivity contribution in [2.75, 3.05) is 0 Å². The first-order valence-electron chi connectivity index (χ1n) is 9.11. The van der Waals surface area contributed by atoms with Crippen molar-refractivity contribution in [2.24, 2.45) is 22.7 Å². The maximum Gasteiger partial charge on any atom is 0.328 e. The molecule has 23 heavy (non-hydrogen) atoms. The second kappa shape index (κ2) is 6.23. The molecule has 0 saturated heterocycles. The summed E-state index contributed by atoms with van der Waals surface area (Å²) in [5.74, 6) is 0.0176. The summed E-state index contributed by atoms with van der Waals surface area (Å²) < 4.78 is 0. The number of hydrogen-bond donors (Lipinski definition) is 2. The van der Waals surface area contributed by atoms with E-state index >= 15 is 0 Å². The summed E-state index contributed by atoms with van der Waals surface area (Å²) >= 11 is 0. The van der Waals surface area contributed by atoms with Gasteiger partial charge in [-0.05, 0) is 75.0 Å². The molecule has 0 aromatic heterocycles. The molecule has 2 saturated carbocycles. The fraction of sp³-hybridized carbons (Fsp3) is 0.850. The van der Waals surface area contributed by atoms with Crippen molar-refractivity contribution >= 4 is 5.97 Å². The fourth-order valence-corrected chi connectivity index (χ4v) is 5.92. The van der Waals surface area contributed by atoms with Gasteiger partial charge in [-0.3, -0.25) is 0 Å². The lowest BCUT2D eigenvalue weighted by Crippen LogP contribution is -2.57. The van der Waals surface area contributed by atoms with E-state index in [9.17, 15) is 9.90 Å². The third-order valence-electron chi connectivity index (χ3n) is 6.96. The van der Waals surface area contributed by atoms with Gasteiger partial charge in [0.25, 0.3) is 0 Å². The van der Waals surface area contributed by atoms with Crippen molar-refractivity contribution in [3.8, 4) is 0 Å². The topological polar surface area (TPSA) is 57.5 Å². The Bertz CT molecular complexity index is 489. The van der Waals surface area contributed by atoms with Crippen LogP contribution in [0, 0.1) is 22.7 Å². The van der Waals surface area contributed by atoms with E-state index in [4.69, 9.17) is 5.11 Å². The van der Waals surface area contributed by atoms with Crippen molar-refractivity contribution in [1.29, 1.82) is 0 Å². The molecule has 3 nitrogen and oxygen atoms in total. The first-order chi connectivity index (χ1) is 10.5. The predicted molar refractivity (Wildman–Crippen MR) is 93.2 cm³/mol. The van der Waals surface area contributed by atoms with E-state index in [0.717, 1.165) is 31.3 Å². The Labute approximate surface area is 141 Å². The molecule has 0 spiro atoms. The van der Waals surface area contributed by atoms with Gasteiger partial charge in [-0.2, -0.15) is 0 Å². The third kappa shape index (κ3) is 3.65. The van der Waals surface area contributed by atoms with Gasteiger partial charge in [-0.15, -0.1) is 0 Å². The van der Waals surface area contributed by atoms with Gasteiger partial charge >= 0.3 is 5.97 Å². The summed E-state index contributed by atoms with van der Waals surface area (Å²) in [4.78, 5) is 10.8. The van der Waals surface area contributed by atoms with Crippen molar-refractivity contribution < 1.29 is 15.0 Å². The van der Waals surface area contributed by atoms with Gasteiger partial charge in [0, 0.05) is 6.08 Å². The van der Waals surface area contributed by atoms with E-state index < -0.39 is 11.6 Å². The van der Waals surface area contributed by atoms with Gasteiger partial charge in [0.15, 0.2) is 0 Å². The number of carbonyl (C=O) groups is 1. The van der Waals surface area contributed by atoms with E-state index in [1.54, 1.807) is 0 Å². The number of aliphatic carboxylic acids is 1. The van der Waals surface area contributed by atoms with Gasteiger partial charge in [0.2, 0.25) is 0 Å². The van der Waals surface area contributed by atoms with E-state index in [1.807, 2.05) is 13.8 Å². The van der Waals surface area contributed by atoms with Crippen LogP contribution in [0.15, 0.2) is 11.6 Å². The standard InChI is InChI=1S/C20H34O3/c1-14(13-17(21)22)7-8-16-19(4)11-6-10-18(2,3)15(19)9-12-20(16,5)23/h13,15-16,23H,6-12H2,1-5H3,(H,21,22)/b14-13+/t15-,16+,19-,20-/m1/s1. The fourth-order valence-electron chi connectivity index (χ4n) is 5.92. The average Bonchev–Trinajstić information content (AvgIpc) is 2.34. The van der Waals surface area contributed by atoms with Crippen molar-refractivity contribution in [3.05, 3.63) is 11.6 Å². The average molecular weight is 322 g/mol. The van der Waals surface area contributed by atoms with E-state index in [0.29, 0.717) is 11.3 Å². The minimum absolute atomic E-state index is 0.160. The molecule has 2 fully saturated rings. The molecule has 4 atom stereocenters. The smallest absolute Gasteiger partial charge is 0.328 e. The molecule has 0 aliphatic heterocycles. The third-order valence-corrected chi connectivity index (χ3v) is 6.96. The van der Waals surface area contributed by atoms with Crippen LogP contribution in [0.1, 0.15) is 79.6 Å². The van der Waals surface area contributed by atoms with Gasteiger partial charge in [0.1, 0.15) is 0 Å². The molecule has 2 aliphatic carbocycles. The zero-order valence-electron chi connectivity index (χ0n) is 15.5. The SMILES string of the molecule is C/C(=C\C(=O)O)CC[C@H]1[C@]2(C)CCCC(C)(C)[C@H]2CC[C@@]1(C)O. The Morgan fingerprint density at radius 3 is 2.43 bits per heavy atom. The highest BCUT2D eigenvalue weighted by Crippen LogP contribution is 2.62. The molecule has 0 bridgehead atoms. The zero-order valence-corrected chi connectivity index (χ0v) is 15.5. The molecular formula is C20H34O3. The highest BCUT2D eigenvalue weighted by atomic mass is 16.4. The summed E-state index contributed by atoms with van der Waals surface area (Å²) in [6, 6.07) is 0. The van der Waals surface area contributed by atoms with Crippen LogP contribution >= 0.6 is 0 Å². The lowest BCUT2D eigenvalue weighted by molar-refractivity contribution is -0.168. The first-order valence-corrected chi connectivity index (χ1v) is 9.11. The molecule has 0 heterocycles. The maximum atomic E-state index is 11.1. The maximum absolute atomic E-state index is 11.1. The summed E-state index contributed by atoms with van der Waals surface area (Å²) in [6.07, 6.45) is 8.61. The summed E-state index contributed by atoms with van der Waals surface area (Å²) in [6.45, 7) is 11.0. The van der Waals surface area contributed by atoms with E-state index in [2.05, 4.69) is 20.8 Å². The number of carboxylic acids is 1. The number of hydrogen-bond acceptors (Lipinski definition) is 2. The minimum atomic E-state index is -0.874. The minimum Gasteiger partial charge on any atom is -0.478 e. The number of aliphatic hydroxyl groups is 1. The quantitative estimate of drug-likeness (QED) is 0.732. The van der Waals surface area contributed by atoms with Gasteiger partial charge in [0.05, 0.1) is 5.60 Å². The van der Waals surface area contributed by atoms with Crippen LogP contribution in [0.25, 0.3) is 0 Å². The Morgan fingerprint density at radius 1 is 1.17 bits per heavy atom. The summed E-state index contributed by atoms with van der Waals surface area (Å²) in [5, 5.41) is 20.0. The molecule has 2 rings (SSSR count). The predicted octanol–water partition coefficient (Wildman–Crippen LogP) is 4.79. The van der Waals surface area contributed by atoms with Crippen LogP contribution in [0.3, 0.4) is 0 Å². The largest absolute Gasteiger partial charge is 0.478 e. The van der Waals surface area contributed by atoms with Crippen LogP contribution in [0.2, 0.25) is 0 Å². The van der Waals surface area contributed by atoms with Crippen LogP contribution in [-0.2, 0) is 4.79 Å². The van der Waals surface area contributed by atoms with Crippen LogP contribution in [0.4, 0.5) is 0 Å². The first kappa shape index (κ1) is 18.5. The Kier molecular flexibility index (Phi) is 5.02. The van der Waals surface area contributed by atoms with Gasteiger partial charge in [-0.1, -0.05) is 32.8 Å². The van der Waals surface area contributed by atoms with Crippen LogP contribution in [-0.4, -0.2) is 21.8 Å². The summed E-state index contributed by atoms with van der Waals surface area (Å²) in [7, 11) is 0. The van der Waals surface area contributed by atoms with Crippen LogP contribution < -0.4 is 0 Å². The highest BCUT2D eigenvalue weighted by Gasteiger charge is 2.57. The Morgan fingerprint density at radius 2 is 1.83 bits per heavy atom. The number of allylic oxidation sites excluding steroid dienone is 1. The van der Waals surface area contributed by atoms with Crippen LogP contribution in [0.5, 0.6) is 0 Å². The second-order valence-corrected chi connectivity index (χ2v) is 9.22. The number of carboxylic acid groups (broad SMARTS) is 1. The van der Waals surface area contributed by atoms with Crippen molar-refractivity contribution in [2.45, 2.75) is 85.2 Å². The second-order valence-electron chi connectivity index (χ2n) is 9.22. The molecule has 3 heteroatoms. The Balaban J connectivity index is 2.24. The summed E-state index contributed by atoms with van der Waals surface area (Å²) in [5.41, 5.74) is 0.761. The normalized spacial score (nSPS) is 40.5. The molecular weight excluding hydrogens is 288 g/mol. The molecule has 0 amide bonds. The lowest BCUT2D eigenvalue weighted by Gasteiger charge is -2.61. The monoisotopic (exact) mass is 322 g/mol. The van der Waals surface area contributed by atoms with Crippen molar-refractivity contribution in [1.82, 2.24) is 0 Å². The number of rotatable bonds is 4. The molecule has 0 radical (unpaired) electrons. The number of fused-ring (bicyclic) bond motifs is 1. The van der Waals surface area contributed by atoms with Gasteiger partial charge < -0.3 is 10.2 Å². The zero-order chi connectivity index (χ0) is 17.5. The molecule has 0 aromatic carbocycles. The van der Waals surface area contributed by atoms with E-state index in [1.165, 1.54) is 25.3 Å². The van der Waals surface area contributed by atoms with Gasteiger partial charge in [-0.25, -0.2) is 4.79 Å². The molecule has 0 aromatic rings. The Hall–Kier alpha value is -0.830.